The Kier molecular flexibility index (Phi) is 5.18. The number of amides is 3. The zero-order valence-electron chi connectivity index (χ0n) is 17.3. The van der Waals surface area contributed by atoms with Crippen LogP contribution in [0.4, 0.5) is 14.5 Å². The Morgan fingerprint density at radius 2 is 1.84 bits per heavy atom. The lowest BCUT2D eigenvalue weighted by atomic mass is 9.88. The lowest BCUT2D eigenvalue weighted by molar-refractivity contribution is -0.134. The monoisotopic (exact) mass is 431 g/mol. The normalized spacial score (nSPS) is 30.3. The smallest absolute Gasteiger partial charge is 0.234 e. The van der Waals surface area contributed by atoms with Crippen molar-refractivity contribution in [3.63, 3.8) is 0 Å². The second-order valence-corrected chi connectivity index (χ2v) is 9.65. The lowest BCUT2D eigenvalue weighted by Crippen LogP contribution is -2.49. The minimum atomic E-state index is -0.995. The number of anilines is 1. The largest absolute Gasteiger partial charge is 0.371 e. The summed E-state index contributed by atoms with van der Waals surface area (Å²) in [5.74, 6) is -1.97. The van der Waals surface area contributed by atoms with Crippen LogP contribution in [0.25, 0.3) is 0 Å². The SMILES string of the molecule is O=C1CCC(c2c(F)cc(N3CC(CC(=O)N[C@@H]4CC5CCC4C5)C3)cc2F)C(=O)N1. The van der Waals surface area contributed by atoms with Gasteiger partial charge in [-0.2, -0.15) is 0 Å². The van der Waals surface area contributed by atoms with Crippen molar-refractivity contribution in [3.05, 3.63) is 29.3 Å². The second kappa shape index (κ2) is 7.88. The van der Waals surface area contributed by atoms with Gasteiger partial charge >= 0.3 is 0 Å². The van der Waals surface area contributed by atoms with Crippen LogP contribution in [0, 0.1) is 29.4 Å². The van der Waals surface area contributed by atoms with E-state index in [1.54, 1.807) is 0 Å². The van der Waals surface area contributed by atoms with Crippen molar-refractivity contribution < 1.29 is 23.2 Å². The van der Waals surface area contributed by atoms with Gasteiger partial charge in [-0.25, -0.2) is 8.78 Å². The summed E-state index contributed by atoms with van der Waals surface area (Å²) >= 11 is 0. The van der Waals surface area contributed by atoms with Gasteiger partial charge in [-0.15, -0.1) is 0 Å². The number of hydrogen-bond acceptors (Lipinski definition) is 4. The maximum absolute atomic E-state index is 14.7. The molecule has 2 N–H and O–H groups in total. The van der Waals surface area contributed by atoms with Crippen molar-refractivity contribution in [2.45, 2.75) is 56.9 Å². The molecule has 5 rings (SSSR count). The van der Waals surface area contributed by atoms with Crippen LogP contribution in [0.1, 0.15) is 56.4 Å². The molecule has 4 atom stereocenters. The van der Waals surface area contributed by atoms with Crippen LogP contribution in [0.3, 0.4) is 0 Å². The lowest BCUT2D eigenvalue weighted by Gasteiger charge is -2.41. The standard InChI is InChI=1S/C23H27F2N3O3/c24-17-8-15(9-18(25)22(17)16-3-4-20(29)27-23(16)31)28-10-13(11-28)7-21(30)26-19-6-12-1-2-14(19)5-12/h8-9,12-14,16,19H,1-7,10-11H2,(H,26,30)(H,27,29,31)/t12?,14?,16?,19-/m1/s1. The summed E-state index contributed by atoms with van der Waals surface area (Å²) in [4.78, 5) is 37.5. The highest BCUT2D eigenvalue weighted by Gasteiger charge is 2.41. The number of hydrogen-bond donors (Lipinski definition) is 2. The van der Waals surface area contributed by atoms with E-state index in [0.29, 0.717) is 37.2 Å². The Morgan fingerprint density at radius 3 is 2.45 bits per heavy atom. The molecule has 2 saturated heterocycles. The molecular formula is C23H27F2N3O3. The Hall–Kier alpha value is -2.51. The number of piperidine rings is 1. The predicted molar refractivity (Wildman–Crippen MR) is 109 cm³/mol. The van der Waals surface area contributed by atoms with E-state index in [1.807, 2.05) is 4.90 Å². The fourth-order valence-corrected chi connectivity index (χ4v) is 5.91. The maximum Gasteiger partial charge on any atom is 0.234 e. The molecule has 4 aliphatic rings. The van der Waals surface area contributed by atoms with E-state index in [9.17, 15) is 23.2 Å². The third-order valence-electron chi connectivity index (χ3n) is 7.53. The highest BCUT2D eigenvalue weighted by molar-refractivity contribution is 6.01. The van der Waals surface area contributed by atoms with Crippen LogP contribution in [0.5, 0.6) is 0 Å². The Labute approximate surface area is 179 Å². The molecule has 2 aliphatic heterocycles. The molecule has 3 amide bonds. The van der Waals surface area contributed by atoms with Crippen molar-refractivity contribution in [3.8, 4) is 0 Å². The number of nitrogens with one attached hydrogen (secondary N) is 2. The van der Waals surface area contributed by atoms with Gasteiger partial charge in [0, 0.05) is 49.1 Å². The van der Waals surface area contributed by atoms with E-state index in [2.05, 4.69) is 10.6 Å². The first-order chi connectivity index (χ1) is 14.9. The molecule has 31 heavy (non-hydrogen) atoms. The number of carbonyl (C=O) groups excluding carboxylic acids is 3. The molecule has 0 spiro atoms. The molecule has 8 heteroatoms. The van der Waals surface area contributed by atoms with E-state index in [-0.39, 0.29) is 30.2 Å². The Bertz CT molecular complexity index is 908. The van der Waals surface area contributed by atoms with Gasteiger partial charge in [-0.3, -0.25) is 19.7 Å². The topological polar surface area (TPSA) is 78.5 Å². The minimum absolute atomic E-state index is 0.0647. The number of carbonyl (C=O) groups is 3. The molecule has 6 nitrogen and oxygen atoms in total. The fourth-order valence-electron chi connectivity index (χ4n) is 5.91. The number of imide groups is 1. The zero-order valence-corrected chi connectivity index (χ0v) is 17.3. The molecule has 4 fully saturated rings. The van der Waals surface area contributed by atoms with Crippen LogP contribution in [0.2, 0.25) is 0 Å². The van der Waals surface area contributed by atoms with E-state index in [4.69, 9.17) is 0 Å². The number of fused-ring (bicyclic) bond motifs is 2. The van der Waals surface area contributed by atoms with Gasteiger partial charge in [-0.1, -0.05) is 6.42 Å². The molecule has 2 heterocycles. The molecule has 0 aromatic heterocycles. The number of benzene rings is 1. The molecular weight excluding hydrogens is 404 g/mol. The van der Waals surface area contributed by atoms with E-state index >= 15 is 0 Å². The number of rotatable bonds is 5. The average Bonchev–Trinajstić information content (AvgIpc) is 3.28. The summed E-state index contributed by atoms with van der Waals surface area (Å²) < 4.78 is 29.4. The van der Waals surface area contributed by atoms with Crippen LogP contribution in [-0.2, 0) is 14.4 Å². The van der Waals surface area contributed by atoms with E-state index in [0.717, 1.165) is 12.3 Å². The van der Waals surface area contributed by atoms with E-state index < -0.39 is 29.4 Å². The van der Waals surface area contributed by atoms with Crippen molar-refractivity contribution in [1.29, 1.82) is 0 Å². The van der Waals surface area contributed by atoms with Crippen molar-refractivity contribution >= 4 is 23.4 Å². The molecule has 1 aromatic carbocycles. The minimum Gasteiger partial charge on any atom is -0.371 e. The summed E-state index contributed by atoms with van der Waals surface area (Å²) in [6.07, 6.45) is 5.46. The van der Waals surface area contributed by atoms with Crippen LogP contribution < -0.4 is 15.5 Å². The Balaban J connectivity index is 1.16. The highest BCUT2D eigenvalue weighted by Crippen LogP contribution is 2.44. The average molecular weight is 431 g/mol. The summed E-state index contributed by atoms with van der Waals surface area (Å²) in [5, 5.41) is 5.33. The molecule has 2 saturated carbocycles. The quantitative estimate of drug-likeness (QED) is 0.703. The van der Waals surface area contributed by atoms with Crippen molar-refractivity contribution in [2.24, 2.45) is 17.8 Å². The van der Waals surface area contributed by atoms with Gasteiger partial charge in [0.15, 0.2) is 0 Å². The molecule has 2 bridgehead atoms. The highest BCUT2D eigenvalue weighted by atomic mass is 19.1. The Morgan fingerprint density at radius 1 is 1.10 bits per heavy atom. The molecule has 1 aromatic rings. The predicted octanol–water partition coefficient (Wildman–Crippen LogP) is 2.62. The van der Waals surface area contributed by atoms with Crippen molar-refractivity contribution in [1.82, 2.24) is 10.6 Å². The van der Waals surface area contributed by atoms with Crippen LogP contribution in [0.15, 0.2) is 12.1 Å². The molecule has 3 unspecified atom stereocenters. The molecule has 0 radical (unpaired) electrons. The first-order valence-electron chi connectivity index (χ1n) is 11.2. The van der Waals surface area contributed by atoms with Gasteiger partial charge in [0.2, 0.25) is 17.7 Å². The second-order valence-electron chi connectivity index (χ2n) is 9.65. The molecule has 166 valence electrons. The summed E-state index contributed by atoms with van der Waals surface area (Å²) in [6.45, 7) is 1.14. The summed E-state index contributed by atoms with van der Waals surface area (Å²) in [5.41, 5.74) is 0.131. The summed E-state index contributed by atoms with van der Waals surface area (Å²) in [7, 11) is 0. The van der Waals surface area contributed by atoms with E-state index in [1.165, 1.54) is 31.4 Å². The molecule has 2 aliphatic carbocycles. The first kappa shape index (κ1) is 20.4. The third-order valence-corrected chi connectivity index (χ3v) is 7.53. The van der Waals surface area contributed by atoms with Gasteiger partial charge in [0.25, 0.3) is 0 Å². The van der Waals surface area contributed by atoms with Gasteiger partial charge in [0.05, 0.1) is 5.92 Å². The van der Waals surface area contributed by atoms with Gasteiger partial charge in [-0.05, 0) is 49.7 Å². The van der Waals surface area contributed by atoms with Gasteiger partial charge in [0.1, 0.15) is 11.6 Å². The zero-order chi connectivity index (χ0) is 21.7. The van der Waals surface area contributed by atoms with Crippen molar-refractivity contribution in [2.75, 3.05) is 18.0 Å². The summed E-state index contributed by atoms with van der Waals surface area (Å²) in [6, 6.07) is 2.81. The fraction of sp³-hybridized carbons (Fsp3) is 0.609. The maximum atomic E-state index is 14.7. The first-order valence-corrected chi connectivity index (χ1v) is 11.2. The van der Waals surface area contributed by atoms with Crippen LogP contribution >= 0.6 is 0 Å². The number of nitrogens with zero attached hydrogens (tertiary/aromatic N) is 1. The number of halogens is 2. The third kappa shape index (κ3) is 3.92. The van der Waals surface area contributed by atoms with Gasteiger partial charge < -0.3 is 10.2 Å². The van der Waals surface area contributed by atoms with Crippen LogP contribution in [-0.4, -0.2) is 36.9 Å².